The van der Waals surface area contributed by atoms with Crippen LogP contribution in [-0.2, 0) is 11.2 Å². The van der Waals surface area contributed by atoms with Crippen molar-refractivity contribution in [2.24, 2.45) is 5.73 Å². The highest BCUT2D eigenvalue weighted by molar-refractivity contribution is 5.73. The molecule has 19 heavy (non-hydrogen) atoms. The summed E-state index contributed by atoms with van der Waals surface area (Å²) in [5.41, 5.74) is 7.43. The third-order valence-corrected chi connectivity index (χ3v) is 2.81. The molecule has 1 aromatic heterocycles. The second-order valence-electron chi connectivity index (χ2n) is 4.20. The Morgan fingerprint density at radius 2 is 2.00 bits per heavy atom. The first-order chi connectivity index (χ1) is 9.08. The Hall–Kier alpha value is -2.27. The third-order valence-electron chi connectivity index (χ3n) is 2.81. The van der Waals surface area contributed by atoms with E-state index in [0.717, 1.165) is 11.8 Å². The Labute approximate surface area is 109 Å². The van der Waals surface area contributed by atoms with E-state index in [1.165, 1.54) is 6.20 Å². The highest BCUT2D eigenvalue weighted by Crippen LogP contribution is 2.22. The molecule has 0 saturated heterocycles. The SMILES string of the molecule is N[C@@H](Cc1ccc(-c2ccncc2F)cc1)C(=O)O. The van der Waals surface area contributed by atoms with Gasteiger partial charge in [-0.25, -0.2) is 4.39 Å². The normalized spacial score (nSPS) is 12.1. The first-order valence-electron chi connectivity index (χ1n) is 5.75. The van der Waals surface area contributed by atoms with Crippen molar-refractivity contribution in [2.45, 2.75) is 12.5 Å². The lowest BCUT2D eigenvalue weighted by Crippen LogP contribution is -2.32. The molecule has 4 nitrogen and oxygen atoms in total. The lowest BCUT2D eigenvalue weighted by atomic mass is 10.0. The number of rotatable bonds is 4. The van der Waals surface area contributed by atoms with Crippen molar-refractivity contribution < 1.29 is 14.3 Å². The van der Waals surface area contributed by atoms with E-state index in [1.54, 1.807) is 30.3 Å². The van der Waals surface area contributed by atoms with Crippen LogP contribution >= 0.6 is 0 Å². The summed E-state index contributed by atoms with van der Waals surface area (Å²) in [5.74, 6) is -1.43. The Kier molecular flexibility index (Phi) is 3.87. The van der Waals surface area contributed by atoms with Crippen LogP contribution < -0.4 is 5.73 Å². The van der Waals surface area contributed by atoms with Crippen LogP contribution in [0.15, 0.2) is 42.7 Å². The molecule has 0 saturated carbocycles. The number of hydrogen-bond donors (Lipinski definition) is 2. The number of halogens is 1. The predicted molar refractivity (Wildman–Crippen MR) is 68.9 cm³/mol. The van der Waals surface area contributed by atoms with Crippen LogP contribution in [0, 0.1) is 5.82 Å². The first kappa shape index (κ1) is 13.2. The zero-order valence-electron chi connectivity index (χ0n) is 10.1. The van der Waals surface area contributed by atoms with Crippen LogP contribution in [0.1, 0.15) is 5.56 Å². The van der Waals surface area contributed by atoms with Gasteiger partial charge in [-0.05, 0) is 23.6 Å². The molecular formula is C14H13FN2O2. The molecule has 0 aliphatic rings. The lowest BCUT2D eigenvalue weighted by Gasteiger charge is -2.08. The van der Waals surface area contributed by atoms with E-state index in [2.05, 4.69) is 4.98 Å². The van der Waals surface area contributed by atoms with E-state index in [4.69, 9.17) is 10.8 Å². The molecule has 0 aliphatic carbocycles. The maximum Gasteiger partial charge on any atom is 0.320 e. The molecule has 0 bridgehead atoms. The van der Waals surface area contributed by atoms with Crippen LogP contribution in [0.3, 0.4) is 0 Å². The molecule has 0 amide bonds. The Morgan fingerprint density at radius 3 is 2.58 bits per heavy atom. The van der Waals surface area contributed by atoms with Crippen LogP contribution in [0.5, 0.6) is 0 Å². The van der Waals surface area contributed by atoms with Crippen LogP contribution in [0.4, 0.5) is 4.39 Å². The number of nitrogens with zero attached hydrogens (tertiary/aromatic N) is 1. The summed E-state index contributed by atoms with van der Waals surface area (Å²) in [5, 5.41) is 8.73. The van der Waals surface area contributed by atoms with Crippen molar-refractivity contribution in [3.05, 3.63) is 54.1 Å². The van der Waals surface area contributed by atoms with Gasteiger partial charge in [-0.3, -0.25) is 9.78 Å². The lowest BCUT2D eigenvalue weighted by molar-refractivity contribution is -0.138. The standard InChI is InChI=1S/C14H13FN2O2/c15-12-8-17-6-5-11(12)10-3-1-9(2-4-10)7-13(16)14(18)19/h1-6,8,13H,7,16H2,(H,18,19)/t13-/m0/s1. The van der Waals surface area contributed by atoms with E-state index in [0.29, 0.717) is 11.1 Å². The first-order valence-corrected chi connectivity index (χ1v) is 5.75. The van der Waals surface area contributed by atoms with Gasteiger partial charge in [0.1, 0.15) is 11.9 Å². The van der Waals surface area contributed by atoms with Crippen LogP contribution in [-0.4, -0.2) is 22.1 Å². The molecular weight excluding hydrogens is 247 g/mol. The van der Waals surface area contributed by atoms with Crippen molar-refractivity contribution in [2.75, 3.05) is 0 Å². The van der Waals surface area contributed by atoms with Crippen molar-refractivity contribution in [3.8, 4) is 11.1 Å². The van der Waals surface area contributed by atoms with Crippen LogP contribution in [0.25, 0.3) is 11.1 Å². The van der Waals surface area contributed by atoms with E-state index < -0.39 is 17.8 Å². The number of benzene rings is 1. The minimum absolute atomic E-state index is 0.244. The third kappa shape index (κ3) is 3.14. The monoisotopic (exact) mass is 260 g/mol. The average Bonchev–Trinajstić information content (AvgIpc) is 2.40. The van der Waals surface area contributed by atoms with Crippen molar-refractivity contribution in [1.82, 2.24) is 4.98 Å². The van der Waals surface area contributed by atoms with E-state index >= 15 is 0 Å². The fraction of sp³-hybridized carbons (Fsp3) is 0.143. The quantitative estimate of drug-likeness (QED) is 0.879. The molecule has 0 spiro atoms. The Bertz CT molecular complexity index is 584. The Balaban J connectivity index is 2.19. The molecule has 98 valence electrons. The fourth-order valence-electron chi connectivity index (χ4n) is 1.77. The molecule has 2 rings (SSSR count). The molecule has 0 radical (unpaired) electrons. The molecule has 1 heterocycles. The molecule has 0 fully saturated rings. The van der Waals surface area contributed by atoms with Crippen LogP contribution in [0.2, 0.25) is 0 Å². The number of carbonyl (C=O) groups is 1. The van der Waals surface area contributed by atoms with Crippen molar-refractivity contribution in [3.63, 3.8) is 0 Å². The minimum atomic E-state index is -1.04. The summed E-state index contributed by atoms with van der Waals surface area (Å²) in [6, 6.07) is 7.64. The smallest absolute Gasteiger partial charge is 0.320 e. The zero-order valence-corrected chi connectivity index (χ0v) is 10.1. The van der Waals surface area contributed by atoms with Gasteiger partial charge in [0.2, 0.25) is 0 Å². The summed E-state index contributed by atoms with van der Waals surface area (Å²) in [6.45, 7) is 0. The van der Waals surface area contributed by atoms with E-state index in [1.807, 2.05) is 0 Å². The molecule has 5 heteroatoms. The predicted octanol–water partition coefficient (Wildman–Crippen LogP) is 1.84. The van der Waals surface area contributed by atoms with Gasteiger partial charge in [0, 0.05) is 11.8 Å². The average molecular weight is 260 g/mol. The number of pyridine rings is 1. The second-order valence-corrected chi connectivity index (χ2v) is 4.20. The van der Waals surface area contributed by atoms with Gasteiger partial charge < -0.3 is 10.8 Å². The maximum absolute atomic E-state index is 13.5. The molecule has 2 aromatic rings. The number of hydrogen-bond acceptors (Lipinski definition) is 3. The van der Waals surface area contributed by atoms with Gasteiger partial charge in [-0.2, -0.15) is 0 Å². The van der Waals surface area contributed by atoms with Gasteiger partial charge in [-0.1, -0.05) is 24.3 Å². The van der Waals surface area contributed by atoms with E-state index in [-0.39, 0.29) is 6.42 Å². The van der Waals surface area contributed by atoms with Gasteiger partial charge >= 0.3 is 5.97 Å². The summed E-state index contributed by atoms with van der Waals surface area (Å²) in [6.07, 6.45) is 2.92. The molecule has 0 aliphatic heterocycles. The summed E-state index contributed by atoms with van der Waals surface area (Å²) in [7, 11) is 0. The van der Waals surface area contributed by atoms with Gasteiger partial charge in [0.05, 0.1) is 6.20 Å². The number of aliphatic carboxylic acids is 1. The van der Waals surface area contributed by atoms with Crippen molar-refractivity contribution >= 4 is 5.97 Å². The fourth-order valence-corrected chi connectivity index (χ4v) is 1.77. The molecule has 1 aromatic carbocycles. The largest absolute Gasteiger partial charge is 0.480 e. The minimum Gasteiger partial charge on any atom is -0.480 e. The summed E-state index contributed by atoms with van der Waals surface area (Å²) >= 11 is 0. The zero-order chi connectivity index (χ0) is 13.8. The molecule has 1 atom stereocenters. The highest BCUT2D eigenvalue weighted by Gasteiger charge is 2.12. The number of carboxylic acid groups (broad SMARTS) is 1. The molecule has 3 N–H and O–H groups in total. The maximum atomic E-state index is 13.5. The highest BCUT2D eigenvalue weighted by atomic mass is 19.1. The van der Waals surface area contributed by atoms with Gasteiger partial charge in [-0.15, -0.1) is 0 Å². The summed E-state index contributed by atoms with van der Waals surface area (Å²) < 4.78 is 13.5. The molecule has 0 unspecified atom stereocenters. The number of nitrogens with two attached hydrogens (primary N) is 1. The number of carboxylic acids is 1. The van der Waals surface area contributed by atoms with Gasteiger partial charge in [0.25, 0.3) is 0 Å². The summed E-state index contributed by atoms with van der Waals surface area (Å²) in [4.78, 5) is 14.3. The van der Waals surface area contributed by atoms with Gasteiger partial charge in [0.15, 0.2) is 0 Å². The van der Waals surface area contributed by atoms with E-state index in [9.17, 15) is 9.18 Å². The van der Waals surface area contributed by atoms with Crippen molar-refractivity contribution in [1.29, 1.82) is 0 Å². The number of aromatic nitrogens is 1. The topological polar surface area (TPSA) is 76.2 Å². The second kappa shape index (κ2) is 5.58. The Morgan fingerprint density at radius 1 is 1.32 bits per heavy atom.